The molecule has 0 aromatic heterocycles. The van der Waals surface area contributed by atoms with Gasteiger partial charge < -0.3 is 11.1 Å². The summed E-state index contributed by atoms with van der Waals surface area (Å²) < 4.78 is 0. The van der Waals surface area contributed by atoms with Crippen LogP contribution in [0.4, 0.5) is 0 Å². The van der Waals surface area contributed by atoms with E-state index in [1.54, 1.807) is 0 Å². The molecule has 1 fully saturated rings. The first-order valence-electron chi connectivity index (χ1n) is 7.24. The Morgan fingerprint density at radius 1 is 1.21 bits per heavy atom. The van der Waals surface area contributed by atoms with Crippen molar-refractivity contribution in [1.29, 1.82) is 0 Å². The smallest absolute Gasteiger partial charge is 0.251 e. The Morgan fingerprint density at radius 3 is 2.42 bits per heavy atom. The van der Waals surface area contributed by atoms with Crippen molar-refractivity contribution >= 4 is 5.91 Å². The summed E-state index contributed by atoms with van der Waals surface area (Å²) in [5.74, 6) is 0.488. The minimum Gasteiger partial charge on any atom is -0.348 e. The summed E-state index contributed by atoms with van der Waals surface area (Å²) in [6.45, 7) is 4.30. The predicted molar refractivity (Wildman–Crippen MR) is 78.2 cm³/mol. The van der Waals surface area contributed by atoms with Gasteiger partial charge in [-0.25, -0.2) is 0 Å². The highest BCUT2D eigenvalue weighted by molar-refractivity contribution is 5.94. The van der Waals surface area contributed by atoms with Crippen molar-refractivity contribution in [3.63, 3.8) is 0 Å². The first-order chi connectivity index (χ1) is 9.08. The van der Waals surface area contributed by atoms with E-state index in [4.69, 9.17) is 5.73 Å². The molecule has 3 heteroatoms. The molecule has 1 amide bonds. The van der Waals surface area contributed by atoms with Crippen LogP contribution in [0.1, 0.15) is 61.4 Å². The number of carbonyl (C=O) groups excluding carboxylic acids is 1. The van der Waals surface area contributed by atoms with Gasteiger partial charge in [-0.15, -0.1) is 0 Å². The average Bonchev–Trinajstić information content (AvgIpc) is 2.41. The summed E-state index contributed by atoms with van der Waals surface area (Å²) in [6.07, 6.45) is 4.34. The molecular formula is C16H24N2O. The van der Waals surface area contributed by atoms with E-state index in [1.807, 2.05) is 24.3 Å². The molecule has 0 heterocycles. The van der Waals surface area contributed by atoms with Gasteiger partial charge >= 0.3 is 0 Å². The van der Waals surface area contributed by atoms with Crippen LogP contribution >= 0.6 is 0 Å². The van der Waals surface area contributed by atoms with Crippen LogP contribution in [0.5, 0.6) is 0 Å². The molecule has 0 saturated heterocycles. The summed E-state index contributed by atoms with van der Waals surface area (Å²) >= 11 is 0. The quantitative estimate of drug-likeness (QED) is 0.878. The Bertz CT molecular complexity index is 425. The Hall–Kier alpha value is -1.35. The van der Waals surface area contributed by atoms with Crippen LogP contribution < -0.4 is 11.1 Å². The van der Waals surface area contributed by atoms with Crippen molar-refractivity contribution in [3.05, 3.63) is 35.4 Å². The SMILES string of the molecule is CC(C)c1ccc(C(=O)N[C@@H]2CCCC[C@H]2N)cc1. The standard InChI is InChI=1S/C16H24N2O/c1-11(2)12-7-9-13(10-8-12)16(19)18-15-6-4-3-5-14(15)17/h7-11,14-15H,3-6,17H2,1-2H3,(H,18,19)/t14-,15-/m1/s1. The lowest BCUT2D eigenvalue weighted by molar-refractivity contribution is 0.0921. The summed E-state index contributed by atoms with van der Waals surface area (Å²) in [6, 6.07) is 8.09. The fourth-order valence-corrected chi connectivity index (χ4v) is 2.61. The highest BCUT2D eigenvalue weighted by atomic mass is 16.1. The molecule has 104 valence electrons. The van der Waals surface area contributed by atoms with Crippen molar-refractivity contribution in [2.24, 2.45) is 5.73 Å². The number of rotatable bonds is 3. The first kappa shape index (κ1) is 14.1. The lowest BCUT2D eigenvalue weighted by Crippen LogP contribution is -2.49. The lowest BCUT2D eigenvalue weighted by atomic mass is 9.91. The van der Waals surface area contributed by atoms with Crippen LogP contribution in [0.2, 0.25) is 0 Å². The van der Waals surface area contributed by atoms with Gasteiger partial charge in [0.25, 0.3) is 5.91 Å². The molecule has 1 aliphatic rings. The number of carbonyl (C=O) groups is 1. The van der Waals surface area contributed by atoms with Crippen molar-refractivity contribution in [3.8, 4) is 0 Å². The molecular weight excluding hydrogens is 236 g/mol. The van der Waals surface area contributed by atoms with Crippen LogP contribution in [-0.4, -0.2) is 18.0 Å². The van der Waals surface area contributed by atoms with E-state index in [-0.39, 0.29) is 18.0 Å². The van der Waals surface area contributed by atoms with Crippen LogP contribution in [0, 0.1) is 0 Å². The van der Waals surface area contributed by atoms with Gasteiger partial charge in [0.15, 0.2) is 0 Å². The fourth-order valence-electron chi connectivity index (χ4n) is 2.61. The second kappa shape index (κ2) is 6.20. The number of hydrogen-bond donors (Lipinski definition) is 2. The van der Waals surface area contributed by atoms with Crippen LogP contribution in [-0.2, 0) is 0 Å². The molecule has 3 nitrogen and oxygen atoms in total. The van der Waals surface area contributed by atoms with E-state index in [9.17, 15) is 4.79 Å². The zero-order valence-electron chi connectivity index (χ0n) is 11.9. The van der Waals surface area contributed by atoms with Gasteiger partial charge in [-0.2, -0.15) is 0 Å². The molecule has 1 aromatic rings. The predicted octanol–water partition coefficient (Wildman–Crippen LogP) is 2.81. The first-order valence-corrected chi connectivity index (χ1v) is 7.24. The summed E-state index contributed by atoms with van der Waals surface area (Å²) in [7, 11) is 0. The average molecular weight is 260 g/mol. The Morgan fingerprint density at radius 2 is 1.84 bits per heavy atom. The van der Waals surface area contributed by atoms with Gasteiger partial charge in [0.05, 0.1) is 0 Å². The van der Waals surface area contributed by atoms with Gasteiger partial charge in [-0.3, -0.25) is 4.79 Å². The van der Waals surface area contributed by atoms with Crippen molar-refractivity contribution < 1.29 is 4.79 Å². The maximum Gasteiger partial charge on any atom is 0.251 e. The summed E-state index contributed by atoms with van der Waals surface area (Å²) in [5.41, 5.74) is 8.03. The second-order valence-electron chi connectivity index (χ2n) is 5.80. The molecule has 0 radical (unpaired) electrons. The summed E-state index contributed by atoms with van der Waals surface area (Å²) in [4.78, 5) is 12.2. The Labute approximate surface area is 115 Å². The minimum atomic E-state index is -0.00217. The molecule has 1 aliphatic carbocycles. The number of hydrogen-bond acceptors (Lipinski definition) is 2. The molecule has 0 unspecified atom stereocenters. The molecule has 2 atom stereocenters. The minimum absolute atomic E-state index is 0.00217. The largest absolute Gasteiger partial charge is 0.348 e. The van der Waals surface area contributed by atoms with E-state index in [0.29, 0.717) is 5.92 Å². The molecule has 1 saturated carbocycles. The monoisotopic (exact) mass is 260 g/mol. The van der Waals surface area contributed by atoms with Gasteiger partial charge in [-0.05, 0) is 36.5 Å². The van der Waals surface area contributed by atoms with E-state index in [1.165, 1.54) is 12.0 Å². The molecule has 0 spiro atoms. The lowest BCUT2D eigenvalue weighted by Gasteiger charge is -2.29. The molecule has 1 aromatic carbocycles. The highest BCUT2D eigenvalue weighted by Gasteiger charge is 2.23. The third-order valence-electron chi connectivity index (χ3n) is 3.98. The molecule has 3 N–H and O–H groups in total. The molecule has 19 heavy (non-hydrogen) atoms. The molecule has 0 aliphatic heterocycles. The third kappa shape index (κ3) is 3.57. The van der Waals surface area contributed by atoms with Gasteiger partial charge in [0.2, 0.25) is 0 Å². The third-order valence-corrected chi connectivity index (χ3v) is 3.98. The second-order valence-corrected chi connectivity index (χ2v) is 5.80. The van der Waals surface area contributed by atoms with E-state index in [2.05, 4.69) is 19.2 Å². The Balaban J connectivity index is 1.99. The van der Waals surface area contributed by atoms with Crippen LogP contribution in [0.25, 0.3) is 0 Å². The Kier molecular flexibility index (Phi) is 4.59. The van der Waals surface area contributed by atoms with Gasteiger partial charge in [0, 0.05) is 17.6 Å². The van der Waals surface area contributed by atoms with Gasteiger partial charge in [0.1, 0.15) is 0 Å². The summed E-state index contributed by atoms with van der Waals surface area (Å²) in [5, 5.41) is 3.07. The molecule has 2 rings (SSSR count). The van der Waals surface area contributed by atoms with Crippen molar-refractivity contribution in [2.45, 2.75) is 57.5 Å². The van der Waals surface area contributed by atoms with E-state index >= 15 is 0 Å². The van der Waals surface area contributed by atoms with Crippen molar-refractivity contribution in [2.75, 3.05) is 0 Å². The zero-order chi connectivity index (χ0) is 13.8. The van der Waals surface area contributed by atoms with Gasteiger partial charge in [-0.1, -0.05) is 38.8 Å². The number of amides is 1. The fraction of sp³-hybridized carbons (Fsp3) is 0.562. The van der Waals surface area contributed by atoms with Crippen LogP contribution in [0.15, 0.2) is 24.3 Å². The van der Waals surface area contributed by atoms with Crippen LogP contribution in [0.3, 0.4) is 0 Å². The number of nitrogens with one attached hydrogen (secondary N) is 1. The maximum absolute atomic E-state index is 12.2. The van der Waals surface area contributed by atoms with Crippen molar-refractivity contribution in [1.82, 2.24) is 5.32 Å². The normalized spacial score (nSPS) is 23.4. The zero-order valence-corrected chi connectivity index (χ0v) is 11.9. The van der Waals surface area contributed by atoms with E-state index < -0.39 is 0 Å². The highest BCUT2D eigenvalue weighted by Crippen LogP contribution is 2.18. The van der Waals surface area contributed by atoms with E-state index in [0.717, 1.165) is 24.8 Å². The topological polar surface area (TPSA) is 55.1 Å². The maximum atomic E-state index is 12.2. The number of benzene rings is 1. The number of nitrogens with two attached hydrogens (primary N) is 1. The molecule has 0 bridgehead atoms.